The number of hydrogen-bond acceptors (Lipinski definition) is 7. The van der Waals surface area contributed by atoms with E-state index in [0.29, 0.717) is 16.8 Å². The SMILES string of the molecule is NC(=O)c1cc2ccccc2c(N=Nc2cc(C(=O)O)c(S(=O)(=O)O)cc2Cl)c1O. The van der Waals surface area contributed by atoms with Crippen LogP contribution in [-0.2, 0) is 10.1 Å². The van der Waals surface area contributed by atoms with E-state index < -0.39 is 38.2 Å². The van der Waals surface area contributed by atoms with E-state index >= 15 is 0 Å². The first-order chi connectivity index (χ1) is 14.0. The van der Waals surface area contributed by atoms with E-state index in [-0.39, 0.29) is 22.0 Å². The summed E-state index contributed by atoms with van der Waals surface area (Å²) in [7, 11) is -4.86. The number of nitrogens with zero attached hydrogens (tertiary/aromatic N) is 2. The zero-order chi connectivity index (χ0) is 22.2. The Hall–Kier alpha value is -3.54. The quantitative estimate of drug-likeness (QED) is 0.338. The number of hydrogen-bond donors (Lipinski definition) is 4. The zero-order valence-corrected chi connectivity index (χ0v) is 16.3. The lowest BCUT2D eigenvalue weighted by Crippen LogP contribution is -2.11. The molecule has 154 valence electrons. The molecule has 0 unspecified atom stereocenters. The van der Waals surface area contributed by atoms with Gasteiger partial charge < -0.3 is 15.9 Å². The van der Waals surface area contributed by atoms with Crippen molar-refractivity contribution in [3.05, 3.63) is 58.6 Å². The number of rotatable bonds is 5. The third-order valence-corrected chi connectivity index (χ3v) is 5.27. The predicted octanol–water partition coefficient (Wildman–Crippen LogP) is 3.66. The Bertz CT molecular complexity index is 1350. The van der Waals surface area contributed by atoms with E-state index in [9.17, 15) is 32.8 Å². The highest BCUT2D eigenvalue weighted by atomic mass is 35.5. The number of phenols is 1. The Labute approximate surface area is 174 Å². The summed E-state index contributed by atoms with van der Waals surface area (Å²) in [5, 5.41) is 27.9. The summed E-state index contributed by atoms with van der Waals surface area (Å²) in [4.78, 5) is 22.1. The smallest absolute Gasteiger partial charge is 0.337 e. The molecule has 10 nitrogen and oxygen atoms in total. The summed E-state index contributed by atoms with van der Waals surface area (Å²) in [6.45, 7) is 0. The second-order valence-electron chi connectivity index (χ2n) is 5.99. The van der Waals surface area contributed by atoms with E-state index in [1.807, 2.05) is 0 Å². The number of primary amides is 1. The number of carbonyl (C=O) groups excluding carboxylic acids is 1. The van der Waals surface area contributed by atoms with E-state index in [0.717, 1.165) is 6.07 Å². The summed E-state index contributed by atoms with van der Waals surface area (Å²) >= 11 is 5.96. The first kappa shape index (κ1) is 21.2. The van der Waals surface area contributed by atoms with Crippen molar-refractivity contribution < 1.29 is 32.8 Å². The number of aromatic hydroxyl groups is 1. The second-order valence-corrected chi connectivity index (χ2v) is 7.78. The van der Waals surface area contributed by atoms with E-state index in [1.54, 1.807) is 24.3 Å². The Kier molecular flexibility index (Phi) is 5.44. The molecular weight excluding hydrogens is 438 g/mol. The highest BCUT2D eigenvalue weighted by molar-refractivity contribution is 7.86. The van der Waals surface area contributed by atoms with Crippen molar-refractivity contribution in [2.45, 2.75) is 4.90 Å². The zero-order valence-electron chi connectivity index (χ0n) is 14.8. The van der Waals surface area contributed by atoms with Crippen LogP contribution in [-0.4, -0.2) is 35.1 Å². The lowest BCUT2D eigenvalue weighted by Gasteiger charge is -2.09. The van der Waals surface area contributed by atoms with Crippen LogP contribution in [0.15, 0.2) is 57.6 Å². The average molecular weight is 450 g/mol. The van der Waals surface area contributed by atoms with Crippen molar-refractivity contribution in [1.82, 2.24) is 0 Å². The van der Waals surface area contributed by atoms with Crippen LogP contribution in [0.1, 0.15) is 20.7 Å². The number of fused-ring (bicyclic) bond motifs is 1. The molecule has 1 amide bonds. The molecule has 0 aromatic heterocycles. The van der Waals surface area contributed by atoms with Gasteiger partial charge in [-0.15, -0.1) is 10.2 Å². The Morgan fingerprint density at radius 1 is 1.03 bits per heavy atom. The standard InChI is InChI=1S/C18H12ClN3O7S/c19-12-7-14(30(27,28)29)10(18(25)26)6-13(12)21-22-15-9-4-2-1-3-8(9)5-11(16(15)23)17(20)24/h1-7,23H,(H2,20,24)(H,25,26)(H,27,28,29). The maximum Gasteiger partial charge on any atom is 0.337 e. The number of benzene rings is 3. The van der Waals surface area contributed by atoms with Crippen LogP contribution in [0.4, 0.5) is 11.4 Å². The molecule has 0 heterocycles. The molecule has 12 heteroatoms. The number of nitrogens with two attached hydrogens (primary N) is 1. The molecular formula is C18H12ClN3O7S. The van der Waals surface area contributed by atoms with Crippen LogP contribution in [0.3, 0.4) is 0 Å². The largest absolute Gasteiger partial charge is 0.505 e. The number of carboxylic acid groups (broad SMARTS) is 1. The summed E-state index contributed by atoms with van der Waals surface area (Å²) < 4.78 is 32.0. The molecule has 0 spiro atoms. The predicted molar refractivity (Wildman–Crippen MR) is 107 cm³/mol. The Morgan fingerprint density at radius 2 is 1.70 bits per heavy atom. The van der Waals surface area contributed by atoms with Crippen LogP contribution >= 0.6 is 11.6 Å². The van der Waals surface area contributed by atoms with Gasteiger partial charge in [-0.2, -0.15) is 8.42 Å². The molecule has 0 bridgehead atoms. The molecule has 0 aliphatic carbocycles. The summed E-state index contributed by atoms with van der Waals surface area (Å²) in [5.74, 6) is -3.10. The lowest BCUT2D eigenvalue weighted by atomic mass is 10.0. The number of carbonyl (C=O) groups is 2. The molecule has 30 heavy (non-hydrogen) atoms. The monoisotopic (exact) mass is 449 g/mol. The number of amides is 1. The molecule has 0 saturated heterocycles. The molecule has 0 atom stereocenters. The molecule has 3 aromatic carbocycles. The van der Waals surface area contributed by atoms with Crippen LogP contribution in [0.25, 0.3) is 10.8 Å². The molecule has 5 N–H and O–H groups in total. The minimum absolute atomic E-state index is 0.131. The van der Waals surface area contributed by atoms with Crippen molar-refractivity contribution in [3.63, 3.8) is 0 Å². The fourth-order valence-electron chi connectivity index (χ4n) is 2.71. The van der Waals surface area contributed by atoms with Crippen molar-refractivity contribution in [2.75, 3.05) is 0 Å². The normalized spacial score (nSPS) is 11.8. The second kappa shape index (κ2) is 7.71. The van der Waals surface area contributed by atoms with Gasteiger partial charge in [0.1, 0.15) is 16.3 Å². The molecule has 0 fully saturated rings. The minimum Gasteiger partial charge on any atom is -0.505 e. The average Bonchev–Trinajstić information content (AvgIpc) is 2.66. The van der Waals surface area contributed by atoms with Crippen LogP contribution in [0.2, 0.25) is 5.02 Å². The minimum atomic E-state index is -4.86. The topological polar surface area (TPSA) is 180 Å². The first-order valence-corrected chi connectivity index (χ1v) is 9.83. The van der Waals surface area contributed by atoms with Gasteiger partial charge in [0.05, 0.1) is 16.1 Å². The molecule has 0 radical (unpaired) electrons. The highest BCUT2D eigenvalue weighted by Crippen LogP contribution is 2.40. The fourth-order valence-corrected chi connectivity index (χ4v) is 3.67. The third-order valence-electron chi connectivity index (χ3n) is 4.08. The van der Waals surface area contributed by atoms with Gasteiger partial charge in [0, 0.05) is 5.39 Å². The molecule has 0 aliphatic rings. The van der Waals surface area contributed by atoms with Crippen molar-refractivity contribution >= 4 is 55.7 Å². The number of azo groups is 1. The van der Waals surface area contributed by atoms with Gasteiger partial charge in [-0.25, -0.2) is 4.79 Å². The van der Waals surface area contributed by atoms with Gasteiger partial charge in [-0.1, -0.05) is 35.9 Å². The fraction of sp³-hybridized carbons (Fsp3) is 0. The van der Waals surface area contributed by atoms with E-state index in [4.69, 9.17) is 17.3 Å². The van der Waals surface area contributed by atoms with Gasteiger partial charge in [0.2, 0.25) is 0 Å². The van der Waals surface area contributed by atoms with Crippen molar-refractivity contribution in [2.24, 2.45) is 16.0 Å². The number of aromatic carboxylic acids is 1. The van der Waals surface area contributed by atoms with Crippen LogP contribution in [0.5, 0.6) is 5.75 Å². The summed E-state index contributed by atoms with van der Waals surface area (Å²) in [6.07, 6.45) is 0. The molecule has 3 rings (SSSR count). The van der Waals surface area contributed by atoms with E-state index in [1.165, 1.54) is 6.07 Å². The van der Waals surface area contributed by atoms with Crippen molar-refractivity contribution in [3.8, 4) is 5.75 Å². The van der Waals surface area contributed by atoms with Gasteiger partial charge in [-0.05, 0) is 23.6 Å². The van der Waals surface area contributed by atoms with Gasteiger partial charge in [0.15, 0.2) is 5.75 Å². The van der Waals surface area contributed by atoms with Crippen LogP contribution < -0.4 is 5.73 Å². The Balaban J connectivity index is 2.23. The highest BCUT2D eigenvalue weighted by Gasteiger charge is 2.23. The maximum atomic E-state index is 11.6. The van der Waals surface area contributed by atoms with Gasteiger partial charge >= 0.3 is 5.97 Å². The van der Waals surface area contributed by atoms with E-state index in [2.05, 4.69) is 10.2 Å². The first-order valence-electron chi connectivity index (χ1n) is 8.01. The summed E-state index contributed by atoms with van der Waals surface area (Å²) in [6, 6.07) is 9.48. The lowest BCUT2D eigenvalue weighted by molar-refractivity contribution is 0.0692. The van der Waals surface area contributed by atoms with Crippen LogP contribution in [0, 0.1) is 0 Å². The third kappa shape index (κ3) is 3.94. The molecule has 3 aromatic rings. The van der Waals surface area contributed by atoms with Crippen molar-refractivity contribution in [1.29, 1.82) is 0 Å². The van der Waals surface area contributed by atoms with Gasteiger partial charge in [0.25, 0.3) is 16.0 Å². The van der Waals surface area contributed by atoms with Gasteiger partial charge in [-0.3, -0.25) is 9.35 Å². The maximum absolute atomic E-state index is 11.6. The number of carboxylic acids is 1. The summed E-state index contributed by atoms with van der Waals surface area (Å²) in [5.41, 5.74) is 3.90. The molecule has 0 aliphatic heterocycles. The molecule has 0 saturated carbocycles. The Morgan fingerprint density at radius 3 is 2.30 bits per heavy atom. The number of halogens is 1.